The van der Waals surface area contributed by atoms with Crippen LogP contribution in [0.15, 0.2) is 60.8 Å². The Labute approximate surface area is 209 Å². The number of anilines is 1. The molecule has 3 aromatic rings. The van der Waals surface area contributed by atoms with Crippen LogP contribution < -0.4 is 19.7 Å². The van der Waals surface area contributed by atoms with Crippen molar-refractivity contribution in [3.05, 3.63) is 77.9 Å². The standard InChI is InChI=1S/C28H26FN3O4/c1-28(2,3)13-11-18-9-10-25-23(15-18)32(4)27(34)22(17-35-25)31-26(33)21-16-19(12-14-30-21)36-24-8-6-5-7-20(24)29/h5-10,12,14-16,22H,17H2,1-4H3,(H,31,33)/t22-/m0/s1. The van der Waals surface area contributed by atoms with Gasteiger partial charge in [0.15, 0.2) is 11.6 Å². The quantitative estimate of drug-likeness (QED) is 0.546. The van der Waals surface area contributed by atoms with E-state index >= 15 is 0 Å². The monoisotopic (exact) mass is 487 g/mol. The number of pyridine rings is 1. The average Bonchev–Trinajstić information content (AvgIpc) is 2.96. The van der Waals surface area contributed by atoms with Crippen molar-refractivity contribution in [2.24, 2.45) is 5.41 Å². The maximum atomic E-state index is 13.9. The lowest BCUT2D eigenvalue weighted by molar-refractivity contribution is -0.120. The first-order chi connectivity index (χ1) is 17.1. The molecule has 1 aliphatic heterocycles. The van der Waals surface area contributed by atoms with E-state index in [-0.39, 0.29) is 35.1 Å². The number of carbonyl (C=O) groups is 2. The summed E-state index contributed by atoms with van der Waals surface area (Å²) in [5, 5.41) is 2.68. The van der Waals surface area contributed by atoms with Crippen molar-refractivity contribution in [2.45, 2.75) is 26.8 Å². The first kappa shape index (κ1) is 24.7. The summed E-state index contributed by atoms with van der Waals surface area (Å²) >= 11 is 0. The van der Waals surface area contributed by atoms with Crippen LogP contribution in [0.5, 0.6) is 17.2 Å². The molecule has 8 heteroatoms. The van der Waals surface area contributed by atoms with E-state index in [1.807, 2.05) is 26.8 Å². The van der Waals surface area contributed by atoms with Crippen molar-refractivity contribution in [1.29, 1.82) is 0 Å². The molecular weight excluding hydrogens is 461 g/mol. The molecule has 2 aromatic carbocycles. The number of amides is 2. The number of nitrogens with zero attached hydrogens (tertiary/aromatic N) is 2. The van der Waals surface area contributed by atoms with E-state index < -0.39 is 17.8 Å². The number of rotatable bonds is 4. The summed E-state index contributed by atoms with van der Waals surface area (Å²) in [6, 6.07) is 13.3. The third-order valence-corrected chi connectivity index (χ3v) is 5.27. The first-order valence-corrected chi connectivity index (χ1v) is 11.4. The van der Waals surface area contributed by atoms with E-state index in [0.717, 1.165) is 5.56 Å². The van der Waals surface area contributed by atoms with Crippen molar-refractivity contribution < 1.29 is 23.5 Å². The van der Waals surface area contributed by atoms with Gasteiger partial charge in [0.1, 0.15) is 29.8 Å². The number of carbonyl (C=O) groups excluding carboxylic acids is 2. The molecule has 2 heterocycles. The SMILES string of the molecule is CN1C(=O)[C@@H](NC(=O)c2cc(Oc3ccccc3F)ccn2)COc2ccc(C#CC(C)(C)C)cc21. The van der Waals surface area contributed by atoms with Gasteiger partial charge in [-0.2, -0.15) is 0 Å². The number of likely N-dealkylation sites (N-methyl/N-ethyl adjacent to an activating group) is 1. The van der Waals surface area contributed by atoms with E-state index in [9.17, 15) is 14.0 Å². The van der Waals surface area contributed by atoms with Crippen molar-refractivity contribution >= 4 is 17.5 Å². The number of aromatic nitrogens is 1. The van der Waals surface area contributed by atoms with Crippen LogP contribution in [0.3, 0.4) is 0 Å². The summed E-state index contributed by atoms with van der Waals surface area (Å²) in [7, 11) is 1.62. The second-order valence-corrected chi connectivity index (χ2v) is 9.33. The van der Waals surface area contributed by atoms with Crippen LogP contribution in [0.25, 0.3) is 0 Å². The van der Waals surface area contributed by atoms with Crippen LogP contribution in [0.4, 0.5) is 10.1 Å². The summed E-state index contributed by atoms with van der Waals surface area (Å²) in [6.45, 7) is 6.00. The second kappa shape index (κ2) is 10.1. The van der Waals surface area contributed by atoms with E-state index in [1.165, 1.54) is 35.4 Å². The number of nitrogens with one attached hydrogen (secondary N) is 1. The van der Waals surface area contributed by atoms with Crippen LogP contribution in [0, 0.1) is 23.1 Å². The summed E-state index contributed by atoms with van der Waals surface area (Å²) in [5.74, 6) is 5.60. The highest BCUT2D eigenvalue weighted by molar-refractivity contribution is 6.03. The van der Waals surface area contributed by atoms with Crippen LogP contribution >= 0.6 is 0 Å². The normalized spacial score (nSPS) is 15.1. The number of ether oxygens (including phenoxy) is 2. The number of halogens is 1. The molecule has 0 aliphatic carbocycles. The predicted molar refractivity (Wildman–Crippen MR) is 134 cm³/mol. The fourth-order valence-corrected chi connectivity index (χ4v) is 3.42. The average molecular weight is 488 g/mol. The number of benzene rings is 2. The van der Waals surface area contributed by atoms with Gasteiger partial charge in [-0.05, 0) is 57.2 Å². The predicted octanol–water partition coefficient (Wildman–Crippen LogP) is 4.56. The van der Waals surface area contributed by atoms with Crippen LogP contribution in [0.2, 0.25) is 0 Å². The second-order valence-electron chi connectivity index (χ2n) is 9.33. The van der Waals surface area contributed by atoms with Crippen LogP contribution in [-0.4, -0.2) is 36.5 Å². The molecule has 0 radical (unpaired) electrons. The molecule has 0 bridgehead atoms. The summed E-state index contributed by atoms with van der Waals surface area (Å²) in [6.07, 6.45) is 1.37. The highest BCUT2D eigenvalue weighted by Gasteiger charge is 2.31. The highest BCUT2D eigenvalue weighted by atomic mass is 19.1. The molecule has 1 aromatic heterocycles. The van der Waals surface area contributed by atoms with Gasteiger partial charge in [-0.15, -0.1) is 0 Å². The van der Waals surface area contributed by atoms with Gasteiger partial charge in [-0.3, -0.25) is 14.6 Å². The van der Waals surface area contributed by atoms with Gasteiger partial charge in [-0.1, -0.05) is 24.0 Å². The largest absolute Gasteiger partial charge is 0.489 e. The molecule has 0 spiro atoms. The van der Waals surface area contributed by atoms with Crippen molar-refractivity contribution in [3.8, 4) is 29.1 Å². The van der Waals surface area contributed by atoms with Gasteiger partial charge in [0, 0.05) is 30.3 Å². The Hall–Kier alpha value is -4.38. The molecule has 2 amide bonds. The van der Waals surface area contributed by atoms with E-state index in [0.29, 0.717) is 11.4 Å². The summed E-state index contributed by atoms with van der Waals surface area (Å²) in [5.41, 5.74) is 1.17. The van der Waals surface area contributed by atoms with Gasteiger partial charge in [0.05, 0.1) is 5.69 Å². The van der Waals surface area contributed by atoms with Crippen LogP contribution in [0.1, 0.15) is 36.8 Å². The Morgan fingerprint density at radius 1 is 1.19 bits per heavy atom. The van der Waals surface area contributed by atoms with Crippen molar-refractivity contribution in [1.82, 2.24) is 10.3 Å². The lowest BCUT2D eigenvalue weighted by Crippen LogP contribution is -2.49. The lowest BCUT2D eigenvalue weighted by atomic mass is 9.97. The molecule has 4 rings (SSSR count). The molecule has 0 unspecified atom stereocenters. The minimum atomic E-state index is -0.947. The zero-order valence-electron chi connectivity index (χ0n) is 20.5. The maximum Gasteiger partial charge on any atom is 0.270 e. The molecule has 0 saturated heterocycles. The Bertz CT molecular complexity index is 1370. The summed E-state index contributed by atoms with van der Waals surface area (Å²) in [4.78, 5) is 31.6. The van der Waals surface area contributed by atoms with Crippen molar-refractivity contribution in [3.63, 3.8) is 0 Å². The zero-order valence-corrected chi connectivity index (χ0v) is 20.5. The Kier molecular flexibility index (Phi) is 6.93. The Morgan fingerprint density at radius 3 is 2.72 bits per heavy atom. The topological polar surface area (TPSA) is 80.8 Å². The third kappa shape index (κ3) is 5.81. The third-order valence-electron chi connectivity index (χ3n) is 5.27. The Morgan fingerprint density at radius 2 is 1.97 bits per heavy atom. The Balaban J connectivity index is 1.49. The zero-order chi connectivity index (χ0) is 25.9. The van der Waals surface area contributed by atoms with Gasteiger partial charge < -0.3 is 19.7 Å². The summed E-state index contributed by atoms with van der Waals surface area (Å²) < 4.78 is 25.3. The highest BCUT2D eigenvalue weighted by Crippen LogP contribution is 2.32. The van der Waals surface area contributed by atoms with Gasteiger partial charge in [0.2, 0.25) is 0 Å². The minimum absolute atomic E-state index is 0.0146. The molecular formula is C28H26FN3O4. The molecule has 184 valence electrons. The minimum Gasteiger partial charge on any atom is -0.489 e. The fraction of sp³-hybridized carbons (Fsp3) is 0.250. The molecule has 36 heavy (non-hydrogen) atoms. The molecule has 7 nitrogen and oxygen atoms in total. The van der Waals surface area contributed by atoms with E-state index in [4.69, 9.17) is 9.47 Å². The number of hydrogen-bond acceptors (Lipinski definition) is 5. The molecule has 0 fully saturated rings. The molecule has 1 atom stereocenters. The molecule has 0 saturated carbocycles. The van der Waals surface area contributed by atoms with E-state index in [1.54, 1.807) is 31.3 Å². The van der Waals surface area contributed by atoms with Gasteiger partial charge in [0.25, 0.3) is 11.8 Å². The fourth-order valence-electron chi connectivity index (χ4n) is 3.42. The van der Waals surface area contributed by atoms with Gasteiger partial charge in [-0.25, -0.2) is 4.39 Å². The number of fused-ring (bicyclic) bond motifs is 1. The lowest BCUT2D eigenvalue weighted by Gasteiger charge is -2.20. The first-order valence-electron chi connectivity index (χ1n) is 11.4. The van der Waals surface area contributed by atoms with Crippen LogP contribution in [-0.2, 0) is 4.79 Å². The smallest absolute Gasteiger partial charge is 0.270 e. The van der Waals surface area contributed by atoms with Crippen molar-refractivity contribution in [2.75, 3.05) is 18.6 Å². The molecule has 1 aliphatic rings. The molecule has 1 N–H and O–H groups in total. The number of hydrogen-bond donors (Lipinski definition) is 1. The maximum absolute atomic E-state index is 13.9. The number of para-hydroxylation sites is 1. The van der Waals surface area contributed by atoms with E-state index in [2.05, 4.69) is 22.1 Å². The van der Waals surface area contributed by atoms with Gasteiger partial charge >= 0.3 is 0 Å².